The highest BCUT2D eigenvalue weighted by Gasteiger charge is 2.18. The van der Waals surface area contributed by atoms with Crippen molar-refractivity contribution >= 4 is 23.5 Å². The van der Waals surface area contributed by atoms with Gasteiger partial charge in [0.05, 0.1) is 0 Å². The van der Waals surface area contributed by atoms with Crippen LogP contribution in [0.1, 0.15) is 25.8 Å². The van der Waals surface area contributed by atoms with Gasteiger partial charge in [-0.2, -0.15) is 0 Å². The molecule has 1 aromatic carbocycles. The van der Waals surface area contributed by atoms with Crippen molar-refractivity contribution < 1.29 is 14.7 Å². The predicted octanol–water partition coefficient (Wildman–Crippen LogP) is 2.14. The molecule has 0 aromatic heterocycles. The van der Waals surface area contributed by atoms with E-state index in [4.69, 9.17) is 16.7 Å². The minimum absolute atomic E-state index is 0.0625. The topological polar surface area (TPSA) is 69.6 Å². The average molecular weight is 313 g/mol. The highest BCUT2D eigenvalue weighted by Crippen LogP contribution is 2.16. The van der Waals surface area contributed by atoms with Gasteiger partial charge in [0.15, 0.2) is 0 Å². The molecule has 0 heterocycles. The van der Waals surface area contributed by atoms with E-state index in [1.807, 2.05) is 18.2 Å². The van der Waals surface area contributed by atoms with Crippen LogP contribution in [0.2, 0.25) is 5.02 Å². The lowest BCUT2D eigenvalue weighted by Gasteiger charge is -2.22. The highest BCUT2D eigenvalue weighted by atomic mass is 35.5. The Morgan fingerprint density at radius 3 is 2.52 bits per heavy atom. The summed E-state index contributed by atoms with van der Waals surface area (Å²) in [7, 11) is 1.71. The van der Waals surface area contributed by atoms with E-state index in [9.17, 15) is 9.59 Å². The molecule has 0 fully saturated rings. The maximum absolute atomic E-state index is 12.1. The van der Waals surface area contributed by atoms with E-state index >= 15 is 0 Å². The van der Waals surface area contributed by atoms with Gasteiger partial charge in [0.1, 0.15) is 6.04 Å². The highest BCUT2D eigenvalue weighted by molar-refractivity contribution is 6.31. The first-order valence-corrected chi connectivity index (χ1v) is 7.15. The molecule has 1 rings (SSSR count). The molecule has 0 aliphatic carbocycles. The van der Waals surface area contributed by atoms with Gasteiger partial charge in [-0.05, 0) is 25.5 Å². The lowest BCUT2D eigenvalue weighted by atomic mass is 10.1. The number of carbonyl (C=O) groups is 2. The Bertz CT molecular complexity index is 507. The lowest BCUT2D eigenvalue weighted by Crippen LogP contribution is -2.42. The number of benzene rings is 1. The fourth-order valence-electron chi connectivity index (χ4n) is 1.95. The van der Waals surface area contributed by atoms with Crippen molar-refractivity contribution in [3.63, 3.8) is 0 Å². The van der Waals surface area contributed by atoms with Gasteiger partial charge >= 0.3 is 5.97 Å². The van der Waals surface area contributed by atoms with E-state index in [2.05, 4.69) is 5.32 Å². The Balaban J connectivity index is 2.51. The normalized spacial score (nSPS) is 13.5. The summed E-state index contributed by atoms with van der Waals surface area (Å²) in [5.41, 5.74) is 0.884. The number of hydrogen-bond acceptors (Lipinski definition) is 3. The second kappa shape index (κ2) is 8.00. The summed E-state index contributed by atoms with van der Waals surface area (Å²) in [5, 5.41) is 12.3. The fraction of sp³-hybridized carbons (Fsp3) is 0.467. The van der Waals surface area contributed by atoms with Gasteiger partial charge in [0.25, 0.3) is 0 Å². The van der Waals surface area contributed by atoms with E-state index in [0.29, 0.717) is 11.6 Å². The van der Waals surface area contributed by atoms with Crippen molar-refractivity contribution in [3.05, 3.63) is 34.9 Å². The number of aliphatic carboxylic acids is 1. The Kier molecular flexibility index (Phi) is 6.65. The van der Waals surface area contributed by atoms with Gasteiger partial charge in [-0.3, -0.25) is 9.59 Å². The number of carboxylic acid groups (broad SMARTS) is 1. The molecule has 0 saturated heterocycles. The zero-order valence-corrected chi connectivity index (χ0v) is 13.2. The summed E-state index contributed by atoms with van der Waals surface area (Å²) in [4.78, 5) is 24.5. The third kappa shape index (κ3) is 5.73. The van der Waals surface area contributed by atoms with Gasteiger partial charge in [-0.1, -0.05) is 29.8 Å². The zero-order chi connectivity index (χ0) is 16.0. The number of nitrogens with zero attached hydrogens (tertiary/aromatic N) is 1. The van der Waals surface area contributed by atoms with Crippen LogP contribution in [0.15, 0.2) is 24.3 Å². The van der Waals surface area contributed by atoms with E-state index in [0.717, 1.165) is 5.56 Å². The molecule has 116 valence electrons. The maximum atomic E-state index is 12.1. The number of carboxylic acids is 1. The Hall–Kier alpha value is -1.59. The molecular weight excluding hydrogens is 292 g/mol. The molecule has 5 nitrogen and oxygen atoms in total. The first-order chi connectivity index (χ1) is 9.81. The van der Waals surface area contributed by atoms with Gasteiger partial charge in [0.2, 0.25) is 5.91 Å². The molecule has 0 saturated carbocycles. The van der Waals surface area contributed by atoms with Crippen molar-refractivity contribution in [2.24, 2.45) is 0 Å². The van der Waals surface area contributed by atoms with Crippen LogP contribution >= 0.6 is 11.6 Å². The van der Waals surface area contributed by atoms with Crippen molar-refractivity contribution in [2.75, 3.05) is 7.05 Å². The number of amides is 1. The number of rotatable bonds is 7. The van der Waals surface area contributed by atoms with Crippen LogP contribution in [0.4, 0.5) is 0 Å². The molecule has 0 spiro atoms. The summed E-state index contributed by atoms with van der Waals surface area (Å²) in [5.74, 6) is -0.994. The first kappa shape index (κ1) is 17.5. The molecule has 1 aromatic rings. The molecule has 6 heteroatoms. The predicted molar refractivity (Wildman–Crippen MR) is 82.2 cm³/mol. The monoisotopic (exact) mass is 312 g/mol. The second-order valence-corrected chi connectivity index (χ2v) is 5.58. The van der Waals surface area contributed by atoms with Gasteiger partial charge in [0, 0.05) is 31.1 Å². The number of hydrogen-bond donors (Lipinski definition) is 2. The number of carbonyl (C=O) groups excluding carboxylic acids is 1. The Labute approximate surface area is 129 Å². The standard InChI is InChI=1S/C15H21ClN2O3/c1-10(17-11(2)15(20)21)8-14(19)18(3)9-12-6-4-5-7-13(12)16/h4-7,10-11,17H,8-9H2,1-3H3,(H,20,21)/t10?,11-/m0/s1. The van der Waals surface area contributed by atoms with Gasteiger partial charge < -0.3 is 15.3 Å². The molecular formula is C15H21ClN2O3. The van der Waals surface area contributed by atoms with E-state index in [1.54, 1.807) is 31.9 Å². The number of halogens is 1. The molecule has 0 radical (unpaired) electrons. The van der Waals surface area contributed by atoms with E-state index < -0.39 is 12.0 Å². The summed E-state index contributed by atoms with van der Waals surface area (Å²) in [6.07, 6.45) is 0.235. The molecule has 1 unspecified atom stereocenters. The smallest absolute Gasteiger partial charge is 0.320 e. The molecule has 21 heavy (non-hydrogen) atoms. The first-order valence-electron chi connectivity index (χ1n) is 6.77. The Morgan fingerprint density at radius 1 is 1.33 bits per heavy atom. The fourth-order valence-corrected chi connectivity index (χ4v) is 2.14. The number of nitrogens with one attached hydrogen (secondary N) is 1. The maximum Gasteiger partial charge on any atom is 0.320 e. The van der Waals surface area contributed by atoms with Crippen LogP contribution in [0.3, 0.4) is 0 Å². The third-order valence-electron chi connectivity index (χ3n) is 3.18. The zero-order valence-electron chi connectivity index (χ0n) is 12.5. The summed E-state index contributed by atoms with van der Waals surface area (Å²) < 4.78 is 0. The van der Waals surface area contributed by atoms with Crippen LogP contribution in [0.5, 0.6) is 0 Å². The van der Waals surface area contributed by atoms with Crippen molar-refractivity contribution in [1.29, 1.82) is 0 Å². The molecule has 2 atom stereocenters. The molecule has 0 aliphatic rings. The van der Waals surface area contributed by atoms with E-state index in [-0.39, 0.29) is 18.4 Å². The van der Waals surface area contributed by atoms with E-state index in [1.165, 1.54) is 0 Å². The molecule has 1 amide bonds. The van der Waals surface area contributed by atoms with Crippen LogP contribution in [-0.4, -0.2) is 41.0 Å². The lowest BCUT2D eigenvalue weighted by molar-refractivity contribution is -0.139. The van der Waals surface area contributed by atoms with Crippen LogP contribution in [0.25, 0.3) is 0 Å². The Morgan fingerprint density at radius 2 is 1.95 bits per heavy atom. The van der Waals surface area contributed by atoms with Gasteiger partial charge in [-0.15, -0.1) is 0 Å². The second-order valence-electron chi connectivity index (χ2n) is 5.17. The average Bonchev–Trinajstić information content (AvgIpc) is 2.40. The summed E-state index contributed by atoms with van der Waals surface area (Å²) in [6.45, 7) is 3.77. The third-order valence-corrected chi connectivity index (χ3v) is 3.55. The largest absolute Gasteiger partial charge is 0.480 e. The van der Waals surface area contributed by atoms with Crippen molar-refractivity contribution in [1.82, 2.24) is 10.2 Å². The van der Waals surface area contributed by atoms with Crippen molar-refractivity contribution in [2.45, 2.75) is 38.9 Å². The van der Waals surface area contributed by atoms with Crippen molar-refractivity contribution in [3.8, 4) is 0 Å². The minimum Gasteiger partial charge on any atom is -0.480 e. The molecule has 0 aliphatic heterocycles. The quantitative estimate of drug-likeness (QED) is 0.809. The molecule has 2 N–H and O–H groups in total. The van der Waals surface area contributed by atoms with Crippen LogP contribution in [0, 0.1) is 0 Å². The van der Waals surface area contributed by atoms with Gasteiger partial charge in [-0.25, -0.2) is 0 Å². The van der Waals surface area contributed by atoms with Crippen LogP contribution in [-0.2, 0) is 16.1 Å². The summed E-state index contributed by atoms with van der Waals surface area (Å²) in [6, 6.07) is 6.48. The molecule has 0 bridgehead atoms. The minimum atomic E-state index is -0.932. The summed E-state index contributed by atoms with van der Waals surface area (Å²) >= 11 is 6.07. The SMILES string of the molecule is CC(CC(=O)N(C)Cc1ccccc1Cl)N[C@@H](C)C(=O)O. The van der Waals surface area contributed by atoms with Crippen LogP contribution < -0.4 is 5.32 Å².